The number of hydrogen-bond donors (Lipinski definition) is 2. The van der Waals surface area contributed by atoms with Crippen LogP contribution in [0.15, 0.2) is 71.8 Å². The van der Waals surface area contributed by atoms with Gasteiger partial charge < -0.3 is 5.32 Å². The summed E-state index contributed by atoms with van der Waals surface area (Å²) in [5, 5.41) is 3.20. The summed E-state index contributed by atoms with van der Waals surface area (Å²) in [6.45, 7) is -1.38. The van der Waals surface area contributed by atoms with Crippen molar-refractivity contribution in [1.82, 2.24) is 9.71 Å². The van der Waals surface area contributed by atoms with Gasteiger partial charge in [0.2, 0.25) is 0 Å². The first-order chi connectivity index (χ1) is 14.2. The lowest BCUT2D eigenvalue weighted by Crippen LogP contribution is -2.30. The molecular weight excluding hydrogens is 439 g/mol. The highest BCUT2D eigenvalue weighted by Gasteiger charge is 2.27. The Morgan fingerprint density at radius 3 is 2.43 bits per heavy atom. The van der Waals surface area contributed by atoms with Crippen LogP contribution in [0.5, 0.6) is 0 Å². The number of aromatic nitrogens is 1. The van der Waals surface area contributed by atoms with E-state index in [1.165, 1.54) is 24.3 Å². The van der Waals surface area contributed by atoms with Crippen molar-refractivity contribution in [3.05, 3.63) is 77.4 Å². The molecule has 5 nitrogen and oxygen atoms in total. The van der Waals surface area contributed by atoms with Gasteiger partial charge in [-0.3, -0.25) is 9.78 Å². The van der Waals surface area contributed by atoms with Gasteiger partial charge in [-0.1, -0.05) is 17.7 Å². The minimum Gasteiger partial charge on any atom is -0.322 e. The zero-order valence-electron chi connectivity index (χ0n) is 15.2. The van der Waals surface area contributed by atoms with E-state index in [2.05, 4.69) is 10.3 Å². The molecule has 0 fully saturated rings. The quantitative estimate of drug-likeness (QED) is 0.561. The average Bonchev–Trinajstić information content (AvgIpc) is 2.73. The van der Waals surface area contributed by atoms with Gasteiger partial charge in [-0.15, -0.1) is 0 Å². The predicted octanol–water partition coefficient (Wildman–Crippen LogP) is 4.83. The van der Waals surface area contributed by atoms with Crippen LogP contribution in [0.2, 0.25) is 5.02 Å². The molecule has 0 spiro atoms. The monoisotopic (exact) mass is 453 g/mol. The molecule has 0 saturated carbocycles. The third kappa shape index (κ3) is 5.88. The molecule has 1 unspecified atom stereocenters. The predicted molar refractivity (Wildman–Crippen MR) is 110 cm³/mol. The Morgan fingerprint density at radius 2 is 1.80 bits per heavy atom. The number of halogens is 4. The molecule has 0 bridgehead atoms. The van der Waals surface area contributed by atoms with E-state index < -0.39 is 29.6 Å². The van der Waals surface area contributed by atoms with E-state index in [1.807, 2.05) is 10.8 Å². The molecule has 156 valence electrons. The van der Waals surface area contributed by atoms with E-state index in [0.717, 1.165) is 0 Å². The van der Waals surface area contributed by atoms with E-state index in [0.29, 0.717) is 22.0 Å². The smallest absolute Gasteiger partial charge is 0.322 e. The number of carbonyl (C=O) groups is 1. The molecule has 10 heteroatoms. The van der Waals surface area contributed by atoms with Crippen molar-refractivity contribution in [3.8, 4) is 11.3 Å². The molecule has 1 heterocycles. The fourth-order valence-corrected chi connectivity index (χ4v) is 3.54. The molecule has 3 aromatic rings. The number of anilines is 1. The maximum atomic E-state index is 12.5. The van der Waals surface area contributed by atoms with Gasteiger partial charge in [-0.2, -0.15) is 13.2 Å². The maximum Gasteiger partial charge on any atom is 0.402 e. The van der Waals surface area contributed by atoms with E-state index in [9.17, 15) is 22.2 Å². The molecule has 2 N–H and O–H groups in total. The second kappa shape index (κ2) is 9.38. The van der Waals surface area contributed by atoms with Crippen LogP contribution in [0.4, 0.5) is 18.9 Å². The topological polar surface area (TPSA) is 71.1 Å². The number of pyridine rings is 1. The summed E-state index contributed by atoms with van der Waals surface area (Å²) in [5.74, 6) is -0.440. The van der Waals surface area contributed by atoms with Crippen molar-refractivity contribution in [3.63, 3.8) is 0 Å². The lowest BCUT2D eigenvalue weighted by atomic mass is 10.1. The standard InChI is InChI=1S/C20H15ClF3N3O2S/c21-17-9-6-14(11-16(17)18-3-1-2-10-25-18)27-19(28)13-4-7-15(8-5-13)30(29)26-12-20(22,23)24/h1-11,26H,12H2,(H,27,28). The first-order valence-corrected chi connectivity index (χ1v) is 10.1. The molecule has 2 aromatic carbocycles. The molecule has 0 saturated heterocycles. The van der Waals surface area contributed by atoms with Crippen LogP contribution in [0, 0.1) is 0 Å². The Hall–Kier alpha value is -2.75. The maximum absolute atomic E-state index is 12.5. The van der Waals surface area contributed by atoms with Crippen LogP contribution in [0.25, 0.3) is 11.3 Å². The highest BCUT2D eigenvalue weighted by molar-refractivity contribution is 7.83. The Balaban J connectivity index is 1.70. The van der Waals surface area contributed by atoms with Crippen molar-refractivity contribution in [2.24, 2.45) is 0 Å². The highest BCUT2D eigenvalue weighted by Crippen LogP contribution is 2.29. The molecule has 1 atom stereocenters. The van der Waals surface area contributed by atoms with Crippen LogP contribution < -0.4 is 10.0 Å². The molecule has 0 aliphatic carbocycles. The average molecular weight is 454 g/mol. The number of nitrogens with one attached hydrogen (secondary N) is 2. The van der Waals surface area contributed by atoms with E-state index in [-0.39, 0.29) is 10.5 Å². The molecule has 30 heavy (non-hydrogen) atoms. The van der Waals surface area contributed by atoms with Crippen LogP contribution in [-0.4, -0.2) is 27.8 Å². The van der Waals surface area contributed by atoms with Crippen molar-refractivity contribution < 1.29 is 22.2 Å². The Kier molecular flexibility index (Phi) is 6.86. The largest absolute Gasteiger partial charge is 0.402 e. The number of rotatable bonds is 6. The summed E-state index contributed by atoms with van der Waals surface area (Å²) in [6, 6.07) is 15.8. The van der Waals surface area contributed by atoms with Crippen LogP contribution >= 0.6 is 11.6 Å². The fraction of sp³-hybridized carbons (Fsp3) is 0.100. The van der Waals surface area contributed by atoms with E-state index in [4.69, 9.17) is 11.6 Å². The number of hydrogen-bond acceptors (Lipinski definition) is 3. The normalized spacial score (nSPS) is 12.4. The van der Waals surface area contributed by atoms with Gasteiger partial charge in [0.1, 0.15) is 17.5 Å². The molecule has 0 aliphatic heterocycles. The van der Waals surface area contributed by atoms with Crippen molar-refractivity contribution in [2.75, 3.05) is 11.9 Å². The van der Waals surface area contributed by atoms with Crippen LogP contribution in [0.1, 0.15) is 10.4 Å². The third-order valence-corrected chi connectivity index (χ3v) is 5.34. The molecule has 0 aliphatic rings. The summed E-state index contributed by atoms with van der Waals surface area (Å²) in [4.78, 5) is 16.9. The fourth-order valence-electron chi connectivity index (χ4n) is 2.49. The highest BCUT2D eigenvalue weighted by atomic mass is 35.5. The first-order valence-electron chi connectivity index (χ1n) is 8.57. The molecule has 1 amide bonds. The Morgan fingerprint density at radius 1 is 1.07 bits per heavy atom. The first kappa shape index (κ1) is 21.9. The van der Waals surface area contributed by atoms with Crippen LogP contribution in [0.3, 0.4) is 0 Å². The molecular formula is C20H15ClF3N3O2S. The summed E-state index contributed by atoms with van der Waals surface area (Å²) in [6.07, 6.45) is -2.84. The van der Waals surface area contributed by atoms with Crippen molar-refractivity contribution in [2.45, 2.75) is 11.1 Å². The second-order valence-corrected chi connectivity index (χ2v) is 7.80. The van der Waals surface area contributed by atoms with Gasteiger partial charge in [0.05, 0.1) is 15.6 Å². The lowest BCUT2D eigenvalue weighted by Gasteiger charge is -2.10. The van der Waals surface area contributed by atoms with Gasteiger partial charge in [-0.05, 0) is 54.6 Å². The van der Waals surface area contributed by atoms with Gasteiger partial charge in [0.15, 0.2) is 0 Å². The SMILES string of the molecule is O=C(Nc1ccc(Cl)c(-c2ccccn2)c1)c1ccc(S(=O)NCC(F)(F)F)cc1. The van der Waals surface area contributed by atoms with Crippen molar-refractivity contribution in [1.29, 1.82) is 0 Å². The summed E-state index contributed by atoms with van der Waals surface area (Å²) in [5.41, 5.74) is 2.04. The summed E-state index contributed by atoms with van der Waals surface area (Å²) >= 11 is 6.23. The number of amides is 1. The number of benzene rings is 2. The lowest BCUT2D eigenvalue weighted by molar-refractivity contribution is -0.121. The Bertz CT molecular complexity index is 1060. The third-order valence-electron chi connectivity index (χ3n) is 3.90. The van der Waals surface area contributed by atoms with Gasteiger partial charge >= 0.3 is 6.18 Å². The minimum atomic E-state index is -4.47. The number of carbonyl (C=O) groups excluding carboxylic acids is 1. The van der Waals surface area contributed by atoms with E-state index >= 15 is 0 Å². The van der Waals surface area contributed by atoms with Gasteiger partial charge in [0, 0.05) is 23.0 Å². The zero-order valence-corrected chi connectivity index (χ0v) is 16.8. The zero-order chi connectivity index (χ0) is 21.7. The molecule has 0 radical (unpaired) electrons. The molecule has 1 aromatic heterocycles. The van der Waals surface area contributed by atoms with Gasteiger partial charge in [-0.25, -0.2) is 8.93 Å². The summed E-state index contributed by atoms with van der Waals surface area (Å²) in [7, 11) is -2.04. The van der Waals surface area contributed by atoms with Gasteiger partial charge in [0.25, 0.3) is 5.91 Å². The second-order valence-electron chi connectivity index (χ2n) is 6.09. The Labute approximate surface area is 177 Å². The van der Waals surface area contributed by atoms with E-state index in [1.54, 1.807) is 36.5 Å². The minimum absolute atomic E-state index is 0.125. The molecule has 3 rings (SSSR count). The summed E-state index contributed by atoms with van der Waals surface area (Å²) < 4.78 is 50.4. The van der Waals surface area contributed by atoms with Crippen molar-refractivity contribution >= 4 is 34.2 Å². The number of nitrogens with zero attached hydrogens (tertiary/aromatic N) is 1. The van der Waals surface area contributed by atoms with Crippen LogP contribution in [-0.2, 0) is 11.0 Å². The number of alkyl halides is 3.